The number of carboxylic acid groups (broad SMARTS) is 1. The molecule has 1 aromatic rings. The van der Waals surface area contributed by atoms with Crippen molar-refractivity contribution in [3.63, 3.8) is 0 Å². The lowest BCUT2D eigenvalue weighted by Gasteiger charge is -2.30. The molecule has 0 aliphatic carbocycles. The summed E-state index contributed by atoms with van der Waals surface area (Å²) >= 11 is 0. The number of benzene rings is 1. The Morgan fingerprint density at radius 1 is 0.976 bits per heavy atom. The van der Waals surface area contributed by atoms with Crippen LogP contribution in [0, 0.1) is 0 Å². The zero-order valence-electron chi connectivity index (χ0n) is 22.9. The van der Waals surface area contributed by atoms with E-state index < -0.39 is 72.3 Å². The van der Waals surface area contributed by atoms with Crippen molar-refractivity contribution in [2.24, 2.45) is 5.73 Å². The van der Waals surface area contributed by atoms with Gasteiger partial charge in [0.1, 0.15) is 30.2 Å². The number of likely N-dealkylation sites (tertiary alicyclic amines) is 1. The molecule has 6 amide bonds. The zero-order chi connectivity index (χ0) is 30.8. The number of aliphatic hydroxyl groups excluding tert-OH is 1. The largest absolute Gasteiger partial charge is 0.480 e. The van der Waals surface area contributed by atoms with Gasteiger partial charge in [-0.2, -0.15) is 0 Å². The fourth-order valence-corrected chi connectivity index (χ4v) is 4.91. The highest BCUT2D eigenvalue weighted by Gasteiger charge is 2.40. The summed E-state index contributed by atoms with van der Waals surface area (Å²) in [6, 6.07) is 2.87. The van der Waals surface area contributed by atoms with Gasteiger partial charge < -0.3 is 42.1 Å². The summed E-state index contributed by atoms with van der Waals surface area (Å²) in [5.41, 5.74) is 5.79. The summed E-state index contributed by atoms with van der Waals surface area (Å²) in [7, 11) is 0. The van der Waals surface area contributed by atoms with Crippen LogP contribution in [0.3, 0.4) is 0 Å². The first-order valence-electron chi connectivity index (χ1n) is 13.7. The summed E-state index contributed by atoms with van der Waals surface area (Å²) in [6.07, 6.45) is 0.630. The summed E-state index contributed by atoms with van der Waals surface area (Å²) in [6.45, 7) is -0.611. The van der Waals surface area contributed by atoms with Gasteiger partial charge in [-0.3, -0.25) is 28.8 Å². The normalized spacial score (nSPS) is 20.1. The van der Waals surface area contributed by atoms with E-state index in [9.17, 15) is 43.8 Å². The molecule has 0 bridgehead atoms. The molecule has 2 heterocycles. The third kappa shape index (κ3) is 8.73. The van der Waals surface area contributed by atoms with Crippen LogP contribution in [-0.2, 0) is 40.0 Å². The second-order valence-corrected chi connectivity index (χ2v) is 10.2. The van der Waals surface area contributed by atoms with Crippen molar-refractivity contribution in [1.82, 2.24) is 26.2 Å². The molecule has 0 saturated carbocycles. The van der Waals surface area contributed by atoms with Gasteiger partial charge in [0.2, 0.25) is 35.4 Å². The minimum atomic E-state index is -1.42. The van der Waals surface area contributed by atoms with Crippen molar-refractivity contribution in [2.75, 3.05) is 13.2 Å². The molecule has 15 heteroatoms. The molecule has 42 heavy (non-hydrogen) atoms. The van der Waals surface area contributed by atoms with Crippen molar-refractivity contribution in [2.45, 2.75) is 75.2 Å². The molecule has 0 spiro atoms. The maximum Gasteiger partial charge on any atom is 0.326 e. The van der Waals surface area contributed by atoms with Gasteiger partial charge >= 0.3 is 5.97 Å². The summed E-state index contributed by atoms with van der Waals surface area (Å²) < 4.78 is 0. The van der Waals surface area contributed by atoms with Crippen LogP contribution in [0.5, 0.6) is 0 Å². The van der Waals surface area contributed by atoms with Crippen LogP contribution in [0.15, 0.2) is 30.3 Å². The first-order chi connectivity index (χ1) is 20.0. The molecule has 15 nitrogen and oxygen atoms in total. The van der Waals surface area contributed by atoms with E-state index in [2.05, 4.69) is 21.3 Å². The van der Waals surface area contributed by atoms with Crippen LogP contribution in [0.25, 0.3) is 0 Å². The number of hydrogen-bond acceptors (Lipinski definition) is 8. The van der Waals surface area contributed by atoms with Gasteiger partial charge in [-0.15, -0.1) is 0 Å². The Labute approximate surface area is 241 Å². The number of carbonyl (C=O) groups is 7. The lowest BCUT2D eigenvalue weighted by atomic mass is 10.0. The van der Waals surface area contributed by atoms with E-state index >= 15 is 0 Å². The quantitative estimate of drug-likeness (QED) is 0.119. The van der Waals surface area contributed by atoms with E-state index in [4.69, 9.17) is 5.73 Å². The van der Waals surface area contributed by atoms with Crippen molar-refractivity contribution in [1.29, 1.82) is 0 Å². The Balaban J connectivity index is 1.75. The molecular weight excluding hydrogens is 552 g/mol. The van der Waals surface area contributed by atoms with Crippen molar-refractivity contribution < 1.29 is 43.8 Å². The minimum Gasteiger partial charge on any atom is -0.480 e. The zero-order valence-corrected chi connectivity index (χ0v) is 22.9. The second-order valence-electron chi connectivity index (χ2n) is 10.2. The number of aliphatic hydroxyl groups is 1. The van der Waals surface area contributed by atoms with Gasteiger partial charge in [0.15, 0.2) is 0 Å². The number of aliphatic carboxylic acids is 1. The Hall–Kier alpha value is -4.53. The number of carboxylic acids is 1. The monoisotopic (exact) mass is 588 g/mol. The first-order valence-corrected chi connectivity index (χ1v) is 13.7. The van der Waals surface area contributed by atoms with Crippen molar-refractivity contribution in [3.05, 3.63) is 35.9 Å². The van der Waals surface area contributed by atoms with Crippen LogP contribution >= 0.6 is 0 Å². The van der Waals surface area contributed by atoms with Gasteiger partial charge in [0.05, 0.1) is 6.61 Å². The molecule has 3 rings (SSSR count). The number of rotatable bonds is 14. The molecule has 0 aromatic heterocycles. The lowest BCUT2D eigenvalue weighted by Crippen LogP contribution is -2.59. The topological polar surface area (TPSA) is 237 Å². The molecule has 2 aliphatic heterocycles. The van der Waals surface area contributed by atoms with Crippen LogP contribution in [0.1, 0.15) is 44.1 Å². The van der Waals surface area contributed by atoms with E-state index in [-0.39, 0.29) is 51.0 Å². The molecular formula is C27H36N6O9. The number of nitrogens with two attached hydrogens (primary N) is 1. The highest BCUT2D eigenvalue weighted by atomic mass is 16.4. The predicted octanol–water partition coefficient (Wildman–Crippen LogP) is -2.70. The van der Waals surface area contributed by atoms with Crippen molar-refractivity contribution in [3.8, 4) is 0 Å². The standard InChI is InChI=1S/C27H36N6O9/c28-21(35)10-8-17(27(41)42)30-25(39)20-7-4-12-33(20)26(40)18(13-15-5-2-1-3-6-15)31-24(38)19(14-34)32-23(37)16-9-11-22(36)29-16/h1-3,5-6,16-20,34H,4,7-14H2,(H2,28,35)(H,29,36)(H,30,39)(H,31,38)(H,32,37)(H,41,42)/t16-,17-,18-,19-,20-/m0/s1. The van der Waals surface area contributed by atoms with Crippen LogP contribution < -0.4 is 27.0 Å². The average Bonchev–Trinajstić information content (AvgIpc) is 3.63. The summed E-state index contributed by atoms with van der Waals surface area (Å²) in [4.78, 5) is 87.9. The van der Waals surface area contributed by atoms with Gasteiger partial charge in [-0.1, -0.05) is 30.3 Å². The number of carbonyl (C=O) groups excluding carboxylic acids is 6. The molecule has 228 valence electrons. The Bertz CT molecular complexity index is 1190. The molecule has 1 aromatic carbocycles. The van der Waals surface area contributed by atoms with Gasteiger partial charge in [0.25, 0.3) is 0 Å². The van der Waals surface area contributed by atoms with Gasteiger partial charge in [-0.05, 0) is 31.2 Å². The molecule has 2 aliphatic rings. The maximum atomic E-state index is 13.8. The molecule has 0 unspecified atom stereocenters. The maximum absolute atomic E-state index is 13.8. The van der Waals surface area contributed by atoms with E-state index in [0.29, 0.717) is 12.0 Å². The van der Waals surface area contributed by atoms with Gasteiger partial charge in [0, 0.05) is 25.8 Å². The minimum absolute atomic E-state index is 0.0252. The highest BCUT2D eigenvalue weighted by molar-refractivity contribution is 5.97. The Kier molecular flexibility index (Phi) is 11.4. The van der Waals surface area contributed by atoms with Crippen LogP contribution in [0.4, 0.5) is 0 Å². The number of nitrogens with one attached hydrogen (secondary N) is 4. The molecule has 5 atom stereocenters. The number of amides is 6. The number of hydrogen-bond donors (Lipinski definition) is 7. The third-order valence-corrected chi connectivity index (χ3v) is 7.16. The summed E-state index contributed by atoms with van der Waals surface area (Å²) in [5, 5.41) is 29.1. The average molecular weight is 589 g/mol. The highest BCUT2D eigenvalue weighted by Crippen LogP contribution is 2.20. The van der Waals surface area contributed by atoms with Crippen molar-refractivity contribution >= 4 is 41.4 Å². The van der Waals surface area contributed by atoms with E-state index in [1.807, 2.05) is 0 Å². The molecule has 2 fully saturated rings. The number of nitrogens with zero attached hydrogens (tertiary/aromatic N) is 1. The van der Waals surface area contributed by atoms with Crippen LogP contribution in [0.2, 0.25) is 0 Å². The first kappa shape index (κ1) is 32.0. The molecule has 0 radical (unpaired) electrons. The van der Waals surface area contributed by atoms with E-state index in [1.54, 1.807) is 30.3 Å². The third-order valence-electron chi connectivity index (χ3n) is 7.16. The number of primary amides is 1. The molecule has 2 saturated heterocycles. The summed E-state index contributed by atoms with van der Waals surface area (Å²) in [5.74, 6) is -5.22. The second kappa shape index (κ2) is 14.9. The van der Waals surface area contributed by atoms with Crippen LogP contribution in [-0.4, -0.2) is 99.9 Å². The van der Waals surface area contributed by atoms with Gasteiger partial charge in [-0.25, -0.2) is 4.79 Å². The SMILES string of the molecule is NC(=O)CC[C@H](NC(=O)[C@@H]1CCCN1C(=O)[C@H](Cc1ccccc1)NC(=O)[C@H](CO)NC(=O)[C@@H]1CCC(=O)N1)C(=O)O. The fourth-order valence-electron chi connectivity index (χ4n) is 4.91. The predicted molar refractivity (Wildman–Crippen MR) is 145 cm³/mol. The van der Waals surface area contributed by atoms with E-state index in [0.717, 1.165) is 0 Å². The fraction of sp³-hybridized carbons (Fsp3) is 0.519. The Morgan fingerprint density at radius 2 is 1.67 bits per heavy atom. The van der Waals surface area contributed by atoms with E-state index in [1.165, 1.54) is 4.90 Å². The Morgan fingerprint density at radius 3 is 2.26 bits per heavy atom. The smallest absolute Gasteiger partial charge is 0.326 e. The molecule has 8 N–H and O–H groups in total. The lowest BCUT2D eigenvalue weighted by molar-refractivity contribution is -0.145.